The van der Waals surface area contributed by atoms with Crippen molar-refractivity contribution in [2.75, 3.05) is 0 Å². The van der Waals surface area contributed by atoms with Gasteiger partial charge in [0.2, 0.25) is 0 Å². The van der Waals surface area contributed by atoms with Gasteiger partial charge in [0.05, 0.1) is 0 Å². The van der Waals surface area contributed by atoms with Gasteiger partial charge in [-0.2, -0.15) is 0 Å². The first-order valence-corrected chi connectivity index (χ1v) is 6.96. The largest absolute Gasteiger partial charge is 0.0683 e. The van der Waals surface area contributed by atoms with E-state index in [4.69, 9.17) is 0 Å². The van der Waals surface area contributed by atoms with E-state index in [-0.39, 0.29) is 0 Å². The van der Waals surface area contributed by atoms with E-state index in [0.717, 1.165) is 0 Å². The third-order valence-corrected chi connectivity index (χ3v) is 2.79. The molecule has 2 aromatic rings. The Labute approximate surface area is 117 Å². The van der Waals surface area contributed by atoms with Gasteiger partial charge in [0.15, 0.2) is 0 Å². The zero-order chi connectivity index (χ0) is 14.3. The van der Waals surface area contributed by atoms with Crippen molar-refractivity contribution in [1.82, 2.24) is 0 Å². The monoisotopic (exact) mass is 252 g/mol. The molecule has 0 heterocycles. The lowest BCUT2D eigenvalue weighted by Crippen LogP contribution is -1.80. The highest BCUT2D eigenvalue weighted by molar-refractivity contribution is 5.70. The van der Waals surface area contributed by atoms with Gasteiger partial charge in [0.25, 0.3) is 0 Å². The second kappa shape index (κ2) is 7.58. The maximum atomic E-state index is 2.21. The molecule has 0 atom stereocenters. The molecule has 2 rings (SSSR count). The van der Waals surface area contributed by atoms with Crippen LogP contribution in [0.5, 0.6) is 0 Å². The zero-order valence-electron chi connectivity index (χ0n) is 12.7. The Morgan fingerprint density at radius 1 is 0.579 bits per heavy atom. The summed E-state index contributed by atoms with van der Waals surface area (Å²) < 4.78 is 0. The molecule has 0 spiro atoms. The number of hydrogen-bond donors (Lipinski definition) is 0. The molecule has 0 radical (unpaired) electrons. The first kappa shape index (κ1) is 15.2. The molecule has 0 heteroatoms. The molecule has 0 fully saturated rings. The maximum absolute atomic E-state index is 2.21. The fraction of sp³-hybridized carbons (Fsp3) is 0.263. The van der Waals surface area contributed by atoms with E-state index in [1.54, 1.807) is 0 Å². The smallest absolute Gasteiger partial charge is 0.0251 e. The van der Waals surface area contributed by atoms with Crippen LogP contribution in [0, 0.1) is 20.8 Å². The van der Waals surface area contributed by atoms with Crippen molar-refractivity contribution in [1.29, 1.82) is 0 Å². The molecular formula is C19H24. The summed E-state index contributed by atoms with van der Waals surface area (Å²) in [5.41, 5.74) is 6.44. The molecule has 2 aromatic carbocycles. The Balaban J connectivity index is 0.000000861. The predicted octanol–water partition coefficient (Wildman–Crippen LogP) is 5.81. The Kier molecular flexibility index (Phi) is 6.08. The van der Waals surface area contributed by atoms with Crippen LogP contribution >= 0.6 is 0 Å². The van der Waals surface area contributed by atoms with Crippen molar-refractivity contribution in [3.8, 4) is 0 Å². The third kappa shape index (κ3) is 5.13. The second-order valence-electron chi connectivity index (χ2n) is 4.67. The van der Waals surface area contributed by atoms with E-state index < -0.39 is 0 Å². The van der Waals surface area contributed by atoms with Gasteiger partial charge in [-0.05, 0) is 31.9 Å². The van der Waals surface area contributed by atoms with Gasteiger partial charge < -0.3 is 0 Å². The summed E-state index contributed by atoms with van der Waals surface area (Å²) >= 11 is 0. The van der Waals surface area contributed by atoms with Crippen LogP contribution in [0.4, 0.5) is 0 Å². The highest BCUT2D eigenvalue weighted by Gasteiger charge is 1.92. The summed E-state index contributed by atoms with van der Waals surface area (Å²) in [6.45, 7) is 10.4. The zero-order valence-corrected chi connectivity index (χ0v) is 12.7. The quantitative estimate of drug-likeness (QED) is 0.592. The number of rotatable bonds is 2. The Hall–Kier alpha value is -1.82. The fourth-order valence-corrected chi connectivity index (χ4v) is 1.98. The highest BCUT2D eigenvalue weighted by atomic mass is 14.0. The summed E-state index contributed by atoms with van der Waals surface area (Å²) in [5, 5.41) is 0. The van der Waals surface area contributed by atoms with Crippen molar-refractivity contribution in [2.45, 2.75) is 34.6 Å². The predicted molar refractivity (Wildman–Crippen MR) is 87.4 cm³/mol. The van der Waals surface area contributed by atoms with Gasteiger partial charge in [-0.1, -0.05) is 85.2 Å². The molecule has 19 heavy (non-hydrogen) atoms. The van der Waals surface area contributed by atoms with Crippen molar-refractivity contribution in [3.05, 3.63) is 70.3 Å². The van der Waals surface area contributed by atoms with Crippen LogP contribution in [-0.2, 0) is 0 Å². The summed E-state index contributed by atoms with van der Waals surface area (Å²) in [7, 11) is 0. The molecule has 0 N–H and O–H groups in total. The Bertz CT molecular complexity index is 510. The number of benzene rings is 2. The molecule has 0 bridgehead atoms. The van der Waals surface area contributed by atoms with Crippen LogP contribution in [0.15, 0.2) is 42.5 Å². The molecule has 0 unspecified atom stereocenters. The first-order valence-electron chi connectivity index (χ1n) is 6.96. The van der Waals surface area contributed by atoms with E-state index in [1.807, 2.05) is 13.8 Å². The summed E-state index contributed by atoms with van der Waals surface area (Å²) in [6, 6.07) is 15.2. The molecule has 0 saturated carbocycles. The first-order chi connectivity index (χ1) is 9.13. The molecular weight excluding hydrogens is 228 g/mol. The van der Waals surface area contributed by atoms with E-state index in [2.05, 4.69) is 75.4 Å². The van der Waals surface area contributed by atoms with Crippen LogP contribution in [0.25, 0.3) is 12.2 Å². The minimum atomic E-state index is 1.25. The molecule has 0 amide bonds. The lowest BCUT2D eigenvalue weighted by atomic mass is 10.1. The number of hydrogen-bond acceptors (Lipinski definition) is 0. The second-order valence-corrected chi connectivity index (χ2v) is 4.67. The highest BCUT2D eigenvalue weighted by Crippen LogP contribution is 2.13. The van der Waals surface area contributed by atoms with E-state index in [1.165, 1.54) is 27.8 Å². The normalized spacial score (nSPS) is 10.2. The maximum Gasteiger partial charge on any atom is -0.0251 e. The number of aryl methyl sites for hydroxylation is 3. The third-order valence-electron chi connectivity index (χ3n) is 2.79. The minimum Gasteiger partial charge on any atom is -0.0683 e. The van der Waals surface area contributed by atoms with Crippen LogP contribution < -0.4 is 0 Å². The molecule has 0 aliphatic carbocycles. The lowest BCUT2D eigenvalue weighted by Gasteiger charge is -2.00. The van der Waals surface area contributed by atoms with Gasteiger partial charge in [-0.25, -0.2) is 0 Å². The van der Waals surface area contributed by atoms with Crippen molar-refractivity contribution in [3.63, 3.8) is 0 Å². The van der Waals surface area contributed by atoms with Crippen LogP contribution in [0.2, 0.25) is 0 Å². The van der Waals surface area contributed by atoms with Crippen LogP contribution in [0.3, 0.4) is 0 Å². The summed E-state index contributed by atoms with van der Waals surface area (Å²) in [5.74, 6) is 0. The van der Waals surface area contributed by atoms with Gasteiger partial charge in [-0.3, -0.25) is 0 Å². The standard InChI is InChI=1S/C17H18.C2H6/c1-13-4-6-16(7-5-13)8-9-17-11-14(2)10-15(3)12-17;1-2/h4-12H,1-3H3;1-2H3/b9-8+;. The van der Waals surface area contributed by atoms with Gasteiger partial charge >= 0.3 is 0 Å². The topological polar surface area (TPSA) is 0 Å². The lowest BCUT2D eigenvalue weighted by molar-refractivity contribution is 1.37. The fourth-order valence-electron chi connectivity index (χ4n) is 1.98. The van der Waals surface area contributed by atoms with E-state index >= 15 is 0 Å². The van der Waals surface area contributed by atoms with E-state index in [9.17, 15) is 0 Å². The van der Waals surface area contributed by atoms with Crippen molar-refractivity contribution < 1.29 is 0 Å². The molecule has 0 aliphatic heterocycles. The van der Waals surface area contributed by atoms with Gasteiger partial charge in [0, 0.05) is 0 Å². The van der Waals surface area contributed by atoms with Crippen molar-refractivity contribution in [2.24, 2.45) is 0 Å². The van der Waals surface area contributed by atoms with Crippen LogP contribution in [0.1, 0.15) is 41.7 Å². The molecule has 0 aromatic heterocycles. The molecule has 0 aliphatic rings. The summed E-state index contributed by atoms with van der Waals surface area (Å²) in [4.78, 5) is 0. The Morgan fingerprint density at radius 2 is 1.05 bits per heavy atom. The van der Waals surface area contributed by atoms with Gasteiger partial charge in [-0.15, -0.1) is 0 Å². The SMILES string of the molecule is CC.Cc1ccc(/C=C/c2cc(C)cc(C)c2)cc1. The Morgan fingerprint density at radius 3 is 1.58 bits per heavy atom. The average Bonchev–Trinajstić information content (AvgIpc) is 2.39. The summed E-state index contributed by atoms with van der Waals surface area (Å²) in [6.07, 6.45) is 4.33. The average molecular weight is 252 g/mol. The molecule has 100 valence electrons. The molecule has 0 nitrogen and oxygen atoms in total. The van der Waals surface area contributed by atoms with E-state index in [0.29, 0.717) is 0 Å². The van der Waals surface area contributed by atoms with Crippen LogP contribution in [-0.4, -0.2) is 0 Å². The molecule has 0 saturated heterocycles. The minimum absolute atomic E-state index is 1.25. The van der Waals surface area contributed by atoms with Gasteiger partial charge in [0.1, 0.15) is 0 Å². The van der Waals surface area contributed by atoms with Crippen molar-refractivity contribution >= 4 is 12.2 Å².